The van der Waals surface area contributed by atoms with E-state index in [0.29, 0.717) is 28.6 Å². The molecule has 0 bridgehead atoms. The van der Waals surface area contributed by atoms with Crippen molar-refractivity contribution in [2.75, 3.05) is 7.11 Å². The van der Waals surface area contributed by atoms with Gasteiger partial charge in [0.05, 0.1) is 11.6 Å². The van der Waals surface area contributed by atoms with Gasteiger partial charge in [0, 0.05) is 6.42 Å². The molecule has 104 valence electrons. The second kappa shape index (κ2) is 7.13. The molecule has 1 rings (SSSR count). The number of carbonyl (C=O) groups is 2. The quantitative estimate of drug-likeness (QED) is 0.840. The minimum Gasteiger partial charge on any atom is -0.496 e. The maximum absolute atomic E-state index is 11.5. The fourth-order valence-electron chi connectivity index (χ4n) is 1.61. The predicted octanol–water partition coefficient (Wildman–Crippen LogP) is 2.50. The largest absolute Gasteiger partial charge is 0.496 e. The molecule has 1 aromatic carbocycles. The van der Waals surface area contributed by atoms with Gasteiger partial charge in [0.25, 0.3) is 0 Å². The summed E-state index contributed by atoms with van der Waals surface area (Å²) in [7, 11) is 1.53. The number of benzene rings is 1. The number of amides is 1. The summed E-state index contributed by atoms with van der Waals surface area (Å²) in [5.41, 5.74) is 0.490. The van der Waals surface area contributed by atoms with Gasteiger partial charge < -0.3 is 15.2 Å². The van der Waals surface area contributed by atoms with Crippen molar-refractivity contribution in [3.05, 3.63) is 28.2 Å². The topological polar surface area (TPSA) is 75.6 Å². The monoisotopic (exact) mass is 329 g/mol. The Morgan fingerprint density at radius 3 is 2.63 bits per heavy atom. The summed E-state index contributed by atoms with van der Waals surface area (Å²) in [4.78, 5) is 22.8. The number of carboxylic acid groups (broad SMARTS) is 1. The van der Waals surface area contributed by atoms with Crippen molar-refractivity contribution in [2.24, 2.45) is 0 Å². The number of methoxy groups -OCH3 is 1. The third-order valence-corrected chi connectivity index (χ3v) is 3.16. The summed E-state index contributed by atoms with van der Waals surface area (Å²) >= 11 is 3.29. The van der Waals surface area contributed by atoms with Crippen LogP contribution in [0.3, 0.4) is 0 Å². The Labute approximate surface area is 120 Å². The molecule has 5 nitrogen and oxygen atoms in total. The molecule has 0 heterocycles. The molecule has 0 aliphatic heterocycles. The molecule has 1 unspecified atom stereocenters. The van der Waals surface area contributed by atoms with Crippen molar-refractivity contribution in [1.29, 1.82) is 0 Å². The van der Waals surface area contributed by atoms with Crippen molar-refractivity contribution in [3.8, 4) is 5.75 Å². The van der Waals surface area contributed by atoms with Crippen LogP contribution in [0.15, 0.2) is 22.7 Å². The highest BCUT2D eigenvalue weighted by molar-refractivity contribution is 9.10. The van der Waals surface area contributed by atoms with E-state index in [1.165, 1.54) is 7.11 Å². The number of hydrogen-bond donors (Lipinski definition) is 2. The van der Waals surface area contributed by atoms with Gasteiger partial charge in [0.2, 0.25) is 5.91 Å². The molecule has 0 saturated heterocycles. The lowest BCUT2D eigenvalue weighted by Gasteiger charge is -2.16. The zero-order chi connectivity index (χ0) is 14.4. The van der Waals surface area contributed by atoms with Crippen LogP contribution in [0.5, 0.6) is 5.75 Å². The zero-order valence-corrected chi connectivity index (χ0v) is 12.4. The molecule has 0 aliphatic carbocycles. The van der Waals surface area contributed by atoms with Gasteiger partial charge in [-0.05, 0) is 40.0 Å². The standard InChI is InChI=1S/C13H16BrNO4/c1-3-4-11(16)15-12(13(17)18)8-5-6-10(19-2)9(14)7-8/h5-7,12H,3-4H2,1-2H3,(H,15,16)(H,17,18). The molecule has 2 N–H and O–H groups in total. The van der Waals surface area contributed by atoms with Crippen molar-refractivity contribution in [1.82, 2.24) is 5.32 Å². The highest BCUT2D eigenvalue weighted by atomic mass is 79.9. The van der Waals surface area contributed by atoms with E-state index >= 15 is 0 Å². The lowest BCUT2D eigenvalue weighted by Crippen LogP contribution is -2.33. The van der Waals surface area contributed by atoms with Gasteiger partial charge in [-0.2, -0.15) is 0 Å². The Morgan fingerprint density at radius 1 is 1.47 bits per heavy atom. The number of hydrogen-bond acceptors (Lipinski definition) is 3. The Kier molecular flexibility index (Phi) is 5.82. The van der Waals surface area contributed by atoms with Crippen LogP contribution in [0.25, 0.3) is 0 Å². The van der Waals surface area contributed by atoms with E-state index < -0.39 is 12.0 Å². The maximum Gasteiger partial charge on any atom is 0.330 e. The smallest absolute Gasteiger partial charge is 0.330 e. The summed E-state index contributed by atoms with van der Waals surface area (Å²) in [5.74, 6) is -0.767. The summed E-state index contributed by atoms with van der Waals surface area (Å²) in [6, 6.07) is 3.85. The van der Waals surface area contributed by atoms with Crippen LogP contribution >= 0.6 is 15.9 Å². The van der Waals surface area contributed by atoms with Crippen LogP contribution in [0.1, 0.15) is 31.4 Å². The first-order valence-corrected chi connectivity index (χ1v) is 6.64. The van der Waals surface area contributed by atoms with Gasteiger partial charge in [-0.3, -0.25) is 4.79 Å². The first kappa shape index (κ1) is 15.5. The molecule has 0 saturated carbocycles. The van der Waals surface area contributed by atoms with Crippen molar-refractivity contribution in [3.63, 3.8) is 0 Å². The van der Waals surface area contributed by atoms with Crippen LogP contribution in [-0.4, -0.2) is 24.1 Å². The average Bonchev–Trinajstić information content (AvgIpc) is 2.36. The van der Waals surface area contributed by atoms with Crippen molar-refractivity contribution < 1.29 is 19.4 Å². The Morgan fingerprint density at radius 2 is 2.16 bits per heavy atom. The minimum absolute atomic E-state index is 0.276. The van der Waals surface area contributed by atoms with E-state index in [0.717, 1.165) is 0 Å². The Hall–Kier alpha value is -1.56. The van der Waals surface area contributed by atoms with Crippen molar-refractivity contribution >= 4 is 27.8 Å². The molecular formula is C13H16BrNO4. The minimum atomic E-state index is -1.10. The molecule has 1 atom stereocenters. The Bertz CT molecular complexity index is 476. The van der Waals surface area contributed by atoms with Crippen molar-refractivity contribution in [2.45, 2.75) is 25.8 Å². The first-order chi connectivity index (χ1) is 8.99. The lowest BCUT2D eigenvalue weighted by atomic mass is 10.1. The summed E-state index contributed by atoms with van der Waals surface area (Å²) in [6.45, 7) is 1.86. The second-order valence-corrected chi connectivity index (χ2v) is 4.84. The van der Waals surface area contributed by atoms with Gasteiger partial charge in [0.15, 0.2) is 6.04 Å². The summed E-state index contributed by atoms with van der Waals surface area (Å²) < 4.78 is 5.72. The zero-order valence-electron chi connectivity index (χ0n) is 10.8. The van der Waals surface area contributed by atoms with Gasteiger partial charge in [-0.25, -0.2) is 4.79 Å². The van der Waals surface area contributed by atoms with E-state index in [1.54, 1.807) is 18.2 Å². The predicted molar refractivity (Wildman–Crippen MR) is 74.1 cm³/mol. The van der Waals surface area contributed by atoms with Crippen LogP contribution in [0.4, 0.5) is 0 Å². The molecule has 0 aromatic heterocycles. The highest BCUT2D eigenvalue weighted by Gasteiger charge is 2.22. The van der Waals surface area contributed by atoms with Crippen LogP contribution in [-0.2, 0) is 9.59 Å². The van der Waals surface area contributed by atoms with E-state index in [-0.39, 0.29) is 5.91 Å². The number of nitrogens with one attached hydrogen (secondary N) is 1. The van der Waals surface area contributed by atoms with E-state index in [2.05, 4.69) is 21.2 Å². The number of carboxylic acids is 1. The number of halogens is 1. The van der Waals surface area contributed by atoms with E-state index in [1.807, 2.05) is 6.92 Å². The number of aliphatic carboxylic acids is 1. The number of rotatable bonds is 6. The van der Waals surface area contributed by atoms with Gasteiger partial charge in [0.1, 0.15) is 5.75 Å². The maximum atomic E-state index is 11.5. The molecule has 0 aliphatic rings. The molecule has 0 spiro atoms. The molecule has 6 heteroatoms. The van der Waals surface area contributed by atoms with Gasteiger partial charge >= 0.3 is 5.97 Å². The molecule has 1 aromatic rings. The molecule has 19 heavy (non-hydrogen) atoms. The fourth-order valence-corrected chi connectivity index (χ4v) is 2.17. The molecule has 0 radical (unpaired) electrons. The third kappa shape index (κ3) is 4.24. The Balaban J connectivity index is 2.96. The van der Waals surface area contributed by atoms with E-state index in [4.69, 9.17) is 4.74 Å². The SMILES string of the molecule is CCCC(=O)NC(C(=O)O)c1ccc(OC)c(Br)c1. The number of carbonyl (C=O) groups excluding carboxylic acids is 1. The summed E-state index contributed by atoms with van der Waals surface area (Å²) in [6.07, 6.45) is 0.978. The van der Waals surface area contributed by atoms with Crippen LogP contribution in [0.2, 0.25) is 0 Å². The summed E-state index contributed by atoms with van der Waals surface area (Å²) in [5, 5.41) is 11.7. The van der Waals surface area contributed by atoms with Crippen LogP contribution < -0.4 is 10.1 Å². The van der Waals surface area contributed by atoms with Gasteiger partial charge in [-0.1, -0.05) is 13.0 Å². The average molecular weight is 330 g/mol. The second-order valence-electron chi connectivity index (χ2n) is 3.98. The molecule has 1 amide bonds. The third-order valence-electron chi connectivity index (χ3n) is 2.54. The number of ether oxygens (including phenoxy) is 1. The molecular weight excluding hydrogens is 314 g/mol. The molecule has 0 fully saturated rings. The fraction of sp³-hybridized carbons (Fsp3) is 0.385. The van der Waals surface area contributed by atoms with E-state index in [9.17, 15) is 14.7 Å². The lowest BCUT2D eigenvalue weighted by molar-refractivity contribution is -0.142. The normalized spacial score (nSPS) is 11.7. The first-order valence-electron chi connectivity index (χ1n) is 5.85. The van der Waals surface area contributed by atoms with Gasteiger partial charge in [-0.15, -0.1) is 0 Å². The van der Waals surface area contributed by atoms with Crippen LogP contribution in [0, 0.1) is 0 Å². The highest BCUT2D eigenvalue weighted by Crippen LogP contribution is 2.28.